The Morgan fingerprint density at radius 2 is 1.80 bits per heavy atom. The molecule has 4 nitrogen and oxygen atoms in total. The molecule has 5 heteroatoms. The number of aryl methyl sites for hydroxylation is 1. The van der Waals surface area contributed by atoms with Gasteiger partial charge in [0.05, 0.1) is 0 Å². The van der Waals surface area contributed by atoms with Crippen LogP contribution in [0.15, 0.2) is 34.8 Å². The van der Waals surface area contributed by atoms with Crippen LogP contribution in [0.25, 0.3) is 0 Å². The maximum Gasteiger partial charge on any atom is 0.136 e. The van der Waals surface area contributed by atoms with E-state index < -0.39 is 0 Å². The van der Waals surface area contributed by atoms with E-state index in [2.05, 4.69) is 36.1 Å². The van der Waals surface area contributed by atoms with Crippen molar-refractivity contribution in [2.24, 2.45) is 0 Å². The van der Waals surface area contributed by atoms with E-state index in [4.69, 9.17) is 0 Å². The molecule has 1 saturated heterocycles. The molecule has 0 spiro atoms. The van der Waals surface area contributed by atoms with Gasteiger partial charge >= 0.3 is 0 Å². The minimum atomic E-state index is 0.800. The minimum Gasteiger partial charge on any atom is -0.356 e. The molecular weight excluding hydrogens is 316 g/mol. The summed E-state index contributed by atoms with van der Waals surface area (Å²) < 4.78 is 1.07. The molecule has 1 aromatic carbocycles. The molecule has 3 rings (SSSR count). The van der Waals surface area contributed by atoms with Crippen LogP contribution in [0.5, 0.6) is 0 Å². The van der Waals surface area contributed by atoms with Gasteiger partial charge in [-0.15, -0.1) is 0 Å². The molecule has 0 radical (unpaired) electrons. The average molecular weight is 333 g/mol. The van der Waals surface area contributed by atoms with Gasteiger partial charge in [0.2, 0.25) is 0 Å². The second kappa shape index (κ2) is 5.79. The number of anilines is 3. The first-order chi connectivity index (χ1) is 9.70. The second-order valence-electron chi connectivity index (χ2n) is 4.98. The van der Waals surface area contributed by atoms with Gasteiger partial charge in [-0.25, -0.2) is 9.97 Å². The first-order valence-electron chi connectivity index (χ1n) is 6.84. The minimum absolute atomic E-state index is 0.800. The molecule has 0 saturated carbocycles. The zero-order valence-electron chi connectivity index (χ0n) is 11.4. The number of hydrogen-bond acceptors (Lipinski definition) is 4. The Hall–Kier alpha value is -1.62. The number of nitrogens with zero attached hydrogens (tertiary/aromatic N) is 3. The Morgan fingerprint density at radius 3 is 2.50 bits per heavy atom. The van der Waals surface area contributed by atoms with Crippen LogP contribution >= 0.6 is 15.9 Å². The Labute approximate surface area is 127 Å². The summed E-state index contributed by atoms with van der Waals surface area (Å²) in [6.07, 6.45) is 2.50. The Morgan fingerprint density at radius 1 is 1.10 bits per heavy atom. The van der Waals surface area contributed by atoms with Crippen LogP contribution in [0.3, 0.4) is 0 Å². The average Bonchev–Trinajstić information content (AvgIpc) is 2.95. The molecule has 0 atom stereocenters. The van der Waals surface area contributed by atoms with E-state index in [1.54, 1.807) is 0 Å². The monoisotopic (exact) mass is 332 g/mol. The predicted octanol–water partition coefficient (Wildman–Crippen LogP) is 3.89. The normalized spacial score (nSPS) is 14.6. The molecule has 1 aromatic heterocycles. The fourth-order valence-corrected chi connectivity index (χ4v) is 2.67. The molecule has 0 unspecified atom stereocenters. The zero-order valence-corrected chi connectivity index (χ0v) is 13.0. The van der Waals surface area contributed by atoms with Crippen molar-refractivity contribution in [3.63, 3.8) is 0 Å². The number of hydrogen-bond donors (Lipinski definition) is 1. The lowest BCUT2D eigenvalue weighted by atomic mass is 10.3. The summed E-state index contributed by atoms with van der Waals surface area (Å²) in [6, 6.07) is 10.1. The van der Waals surface area contributed by atoms with E-state index in [-0.39, 0.29) is 0 Å². The van der Waals surface area contributed by atoms with E-state index >= 15 is 0 Å². The summed E-state index contributed by atoms with van der Waals surface area (Å²) in [5, 5.41) is 3.34. The SMILES string of the molecule is Cc1nc(Nc2ccc(Br)cc2)cc(N2CCCC2)n1. The molecule has 104 valence electrons. The summed E-state index contributed by atoms with van der Waals surface area (Å²) in [4.78, 5) is 11.3. The van der Waals surface area contributed by atoms with Crippen LogP contribution in [0.2, 0.25) is 0 Å². The van der Waals surface area contributed by atoms with Gasteiger partial charge in [-0.2, -0.15) is 0 Å². The third kappa shape index (κ3) is 3.10. The highest BCUT2D eigenvalue weighted by Gasteiger charge is 2.15. The van der Waals surface area contributed by atoms with E-state index in [0.29, 0.717) is 0 Å². The van der Waals surface area contributed by atoms with Crippen molar-refractivity contribution >= 4 is 33.3 Å². The summed E-state index contributed by atoms with van der Waals surface area (Å²) in [7, 11) is 0. The van der Waals surface area contributed by atoms with Crippen LogP contribution in [0.4, 0.5) is 17.3 Å². The molecule has 2 aromatic rings. The molecule has 20 heavy (non-hydrogen) atoms. The molecule has 1 fully saturated rings. The number of nitrogens with one attached hydrogen (secondary N) is 1. The van der Waals surface area contributed by atoms with Crippen molar-refractivity contribution in [3.05, 3.63) is 40.6 Å². The van der Waals surface area contributed by atoms with Crippen molar-refractivity contribution in [3.8, 4) is 0 Å². The molecule has 1 N–H and O–H groups in total. The quantitative estimate of drug-likeness (QED) is 0.925. The first kappa shape index (κ1) is 13.4. The van der Waals surface area contributed by atoms with E-state index in [9.17, 15) is 0 Å². The summed E-state index contributed by atoms with van der Waals surface area (Å²) >= 11 is 3.44. The highest BCUT2D eigenvalue weighted by Crippen LogP contribution is 2.23. The predicted molar refractivity (Wildman–Crippen MR) is 85.6 cm³/mol. The van der Waals surface area contributed by atoms with Gasteiger partial charge in [0.1, 0.15) is 17.5 Å². The van der Waals surface area contributed by atoms with Gasteiger partial charge in [-0.3, -0.25) is 0 Å². The number of aromatic nitrogens is 2. The molecule has 0 bridgehead atoms. The van der Waals surface area contributed by atoms with Crippen molar-refractivity contribution < 1.29 is 0 Å². The van der Waals surface area contributed by atoms with Crippen LogP contribution in [-0.4, -0.2) is 23.1 Å². The standard InChI is InChI=1S/C15H17BrN4/c1-11-17-14(19-13-6-4-12(16)5-7-13)10-15(18-11)20-8-2-3-9-20/h4-7,10H,2-3,8-9H2,1H3,(H,17,18,19). The van der Waals surface area contributed by atoms with Gasteiger partial charge in [-0.05, 0) is 44.0 Å². The van der Waals surface area contributed by atoms with Gasteiger partial charge in [0, 0.05) is 29.3 Å². The summed E-state index contributed by atoms with van der Waals surface area (Å²) in [5.74, 6) is 2.67. The maximum absolute atomic E-state index is 4.54. The zero-order chi connectivity index (χ0) is 13.9. The highest BCUT2D eigenvalue weighted by molar-refractivity contribution is 9.10. The van der Waals surface area contributed by atoms with Crippen molar-refractivity contribution in [2.75, 3.05) is 23.3 Å². The number of rotatable bonds is 3. The van der Waals surface area contributed by atoms with E-state index in [0.717, 1.165) is 40.7 Å². The first-order valence-corrected chi connectivity index (χ1v) is 7.63. The molecular formula is C15H17BrN4. The lowest BCUT2D eigenvalue weighted by Gasteiger charge is -2.17. The van der Waals surface area contributed by atoms with Crippen LogP contribution in [0.1, 0.15) is 18.7 Å². The van der Waals surface area contributed by atoms with Crippen molar-refractivity contribution in [2.45, 2.75) is 19.8 Å². The fraction of sp³-hybridized carbons (Fsp3) is 0.333. The molecule has 0 amide bonds. The highest BCUT2D eigenvalue weighted by atomic mass is 79.9. The van der Waals surface area contributed by atoms with Gasteiger partial charge < -0.3 is 10.2 Å². The summed E-state index contributed by atoms with van der Waals surface area (Å²) in [6.45, 7) is 4.12. The van der Waals surface area contributed by atoms with E-state index in [1.807, 2.05) is 37.3 Å². The largest absolute Gasteiger partial charge is 0.356 e. The van der Waals surface area contributed by atoms with Crippen LogP contribution < -0.4 is 10.2 Å². The fourth-order valence-electron chi connectivity index (χ4n) is 2.41. The topological polar surface area (TPSA) is 41.1 Å². The van der Waals surface area contributed by atoms with Crippen LogP contribution in [0, 0.1) is 6.92 Å². The number of halogens is 1. The van der Waals surface area contributed by atoms with Crippen molar-refractivity contribution in [1.82, 2.24) is 9.97 Å². The van der Waals surface area contributed by atoms with Gasteiger partial charge in [0.25, 0.3) is 0 Å². The third-order valence-electron chi connectivity index (χ3n) is 3.37. The van der Waals surface area contributed by atoms with Crippen LogP contribution in [-0.2, 0) is 0 Å². The molecule has 1 aliphatic heterocycles. The Kier molecular flexibility index (Phi) is 3.87. The maximum atomic E-state index is 4.54. The van der Waals surface area contributed by atoms with Crippen molar-refractivity contribution in [1.29, 1.82) is 0 Å². The lowest BCUT2D eigenvalue weighted by molar-refractivity contribution is 0.912. The van der Waals surface area contributed by atoms with Gasteiger partial charge in [0.15, 0.2) is 0 Å². The molecule has 1 aliphatic rings. The molecule has 2 heterocycles. The smallest absolute Gasteiger partial charge is 0.136 e. The number of benzene rings is 1. The lowest BCUT2D eigenvalue weighted by Crippen LogP contribution is -2.19. The third-order valence-corrected chi connectivity index (χ3v) is 3.90. The molecule has 0 aliphatic carbocycles. The second-order valence-corrected chi connectivity index (χ2v) is 5.90. The van der Waals surface area contributed by atoms with Gasteiger partial charge in [-0.1, -0.05) is 15.9 Å². The Bertz CT molecular complexity index is 591. The Balaban J connectivity index is 1.83. The summed E-state index contributed by atoms with van der Waals surface area (Å²) in [5.41, 5.74) is 1.03. The van der Waals surface area contributed by atoms with E-state index in [1.165, 1.54) is 12.8 Å².